The standard InChI is InChI=1S/C21H16F3N3O3/c22-8-1-2-9(15(23)3-8)10-4-12(21(29)30)19(28)11-5-16(24)20(26-18(10)11)27-6-13-14(7-27)17(13)25/h1-5,10,13-14,17H,6-7,25H2,(H,29,30)/t10?,13-,14+,17?. The Bertz CT molecular complexity index is 1140. The van der Waals surface area contributed by atoms with Crippen molar-refractivity contribution in [3.8, 4) is 0 Å². The highest BCUT2D eigenvalue weighted by Gasteiger charge is 2.54. The molecule has 2 heterocycles. The fourth-order valence-corrected chi connectivity index (χ4v) is 4.50. The Morgan fingerprint density at radius 3 is 2.47 bits per heavy atom. The molecule has 2 fully saturated rings. The van der Waals surface area contributed by atoms with E-state index >= 15 is 0 Å². The number of carbonyl (C=O) groups excluding carboxylic acids is 1. The maximum Gasteiger partial charge on any atom is 0.339 e. The van der Waals surface area contributed by atoms with E-state index in [1.807, 2.05) is 0 Å². The molecule has 1 saturated carbocycles. The van der Waals surface area contributed by atoms with Gasteiger partial charge in [0, 0.05) is 42.2 Å². The summed E-state index contributed by atoms with van der Waals surface area (Å²) < 4.78 is 42.7. The van der Waals surface area contributed by atoms with Gasteiger partial charge in [0.15, 0.2) is 11.6 Å². The number of allylic oxidation sites excluding steroid dienone is 1. The molecule has 1 aromatic heterocycles. The van der Waals surface area contributed by atoms with Crippen molar-refractivity contribution in [2.24, 2.45) is 17.6 Å². The summed E-state index contributed by atoms with van der Waals surface area (Å²) in [5.74, 6) is -5.45. The van der Waals surface area contributed by atoms with Crippen LogP contribution in [0.15, 0.2) is 35.9 Å². The van der Waals surface area contributed by atoms with E-state index in [0.717, 1.165) is 18.2 Å². The molecule has 2 unspecified atom stereocenters. The molecule has 9 heteroatoms. The van der Waals surface area contributed by atoms with Crippen LogP contribution in [0.3, 0.4) is 0 Å². The first-order chi connectivity index (χ1) is 14.3. The summed E-state index contributed by atoms with van der Waals surface area (Å²) in [7, 11) is 0. The van der Waals surface area contributed by atoms with Crippen molar-refractivity contribution in [1.29, 1.82) is 0 Å². The molecule has 154 valence electrons. The smallest absolute Gasteiger partial charge is 0.339 e. The molecule has 1 aromatic carbocycles. The summed E-state index contributed by atoms with van der Waals surface area (Å²) in [5.41, 5.74) is 5.05. The van der Waals surface area contributed by atoms with Crippen molar-refractivity contribution in [2.45, 2.75) is 12.0 Å². The van der Waals surface area contributed by atoms with Crippen LogP contribution < -0.4 is 10.6 Å². The molecule has 2 aliphatic carbocycles. The fraction of sp³-hybridized carbons (Fsp3) is 0.286. The molecule has 1 aliphatic heterocycles. The topological polar surface area (TPSA) is 96.5 Å². The summed E-state index contributed by atoms with van der Waals surface area (Å²) in [4.78, 5) is 30.2. The van der Waals surface area contributed by atoms with Crippen LogP contribution >= 0.6 is 0 Å². The molecule has 0 amide bonds. The molecule has 4 atom stereocenters. The number of carboxylic acids is 1. The number of carbonyl (C=O) groups is 2. The third-order valence-electron chi connectivity index (χ3n) is 6.19. The lowest BCUT2D eigenvalue weighted by atomic mass is 9.82. The highest BCUT2D eigenvalue weighted by molar-refractivity contribution is 6.25. The van der Waals surface area contributed by atoms with E-state index in [1.165, 1.54) is 6.07 Å². The van der Waals surface area contributed by atoms with E-state index in [-0.39, 0.29) is 40.5 Å². The summed E-state index contributed by atoms with van der Waals surface area (Å²) >= 11 is 0. The second-order valence-corrected chi connectivity index (χ2v) is 7.89. The highest BCUT2D eigenvalue weighted by atomic mass is 19.1. The largest absolute Gasteiger partial charge is 0.478 e. The van der Waals surface area contributed by atoms with Crippen molar-refractivity contribution >= 4 is 17.6 Å². The molecular formula is C21H16F3N3O3. The van der Waals surface area contributed by atoms with Crippen molar-refractivity contribution in [2.75, 3.05) is 18.0 Å². The maximum atomic E-state index is 14.9. The molecule has 30 heavy (non-hydrogen) atoms. The molecule has 3 aliphatic rings. The number of benzene rings is 1. The SMILES string of the molecule is NC1[C@H]2CN(c3nc4c(cc3F)C(=O)C(C(=O)O)=CC4c3ccc(F)cc3F)C[C@@H]12. The van der Waals surface area contributed by atoms with Crippen LogP contribution in [-0.2, 0) is 4.79 Å². The van der Waals surface area contributed by atoms with Gasteiger partial charge in [-0.1, -0.05) is 12.1 Å². The monoisotopic (exact) mass is 415 g/mol. The zero-order valence-corrected chi connectivity index (χ0v) is 15.5. The summed E-state index contributed by atoms with van der Waals surface area (Å²) in [6, 6.07) is 3.90. The van der Waals surface area contributed by atoms with Crippen LogP contribution in [0.4, 0.5) is 19.0 Å². The van der Waals surface area contributed by atoms with Crippen molar-refractivity contribution in [3.63, 3.8) is 0 Å². The number of hydrogen-bond acceptors (Lipinski definition) is 5. The Balaban J connectivity index is 1.65. The summed E-state index contributed by atoms with van der Waals surface area (Å²) in [5, 5.41) is 9.39. The lowest BCUT2D eigenvalue weighted by Gasteiger charge is -2.26. The Hall–Kier alpha value is -3.20. The first-order valence-corrected chi connectivity index (χ1v) is 9.42. The Labute approximate surface area is 168 Å². The molecule has 3 N–H and O–H groups in total. The van der Waals surface area contributed by atoms with Gasteiger partial charge in [-0.05, 0) is 24.0 Å². The van der Waals surface area contributed by atoms with Gasteiger partial charge < -0.3 is 15.7 Å². The van der Waals surface area contributed by atoms with Gasteiger partial charge in [-0.15, -0.1) is 0 Å². The predicted molar refractivity (Wildman–Crippen MR) is 99.6 cm³/mol. The zero-order chi connectivity index (χ0) is 21.3. The van der Waals surface area contributed by atoms with E-state index < -0.39 is 40.7 Å². The predicted octanol–water partition coefficient (Wildman–Crippen LogP) is 2.23. The van der Waals surface area contributed by atoms with E-state index in [4.69, 9.17) is 5.73 Å². The van der Waals surface area contributed by atoms with Crippen LogP contribution in [0.1, 0.15) is 27.5 Å². The first-order valence-electron chi connectivity index (χ1n) is 9.42. The minimum atomic E-state index is -1.52. The van der Waals surface area contributed by atoms with Gasteiger partial charge in [0.05, 0.1) is 5.69 Å². The van der Waals surface area contributed by atoms with Gasteiger partial charge in [-0.3, -0.25) is 4.79 Å². The minimum absolute atomic E-state index is 0.0145. The van der Waals surface area contributed by atoms with Crippen molar-refractivity contribution < 1.29 is 27.9 Å². The van der Waals surface area contributed by atoms with Gasteiger partial charge in [0.2, 0.25) is 5.78 Å². The molecular weight excluding hydrogens is 399 g/mol. The number of anilines is 1. The Morgan fingerprint density at radius 2 is 1.83 bits per heavy atom. The second-order valence-electron chi connectivity index (χ2n) is 7.89. The molecule has 0 bridgehead atoms. The number of aliphatic carboxylic acids is 1. The Kier molecular flexibility index (Phi) is 4.01. The minimum Gasteiger partial charge on any atom is -0.478 e. The summed E-state index contributed by atoms with van der Waals surface area (Å²) in [6.45, 7) is 1.04. The van der Waals surface area contributed by atoms with Crippen LogP contribution in [-0.4, -0.2) is 41.0 Å². The van der Waals surface area contributed by atoms with E-state index in [1.54, 1.807) is 4.90 Å². The number of piperidine rings is 1. The van der Waals surface area contributed by atoms with Crippen molar-refractivity contribution in [3.05, 3.63) is 70.2 Å². The molecule has 1 saturated heterocycles. The lowest BCUT2D eigenvalue weighted by molar-refractivity contribution is -0.132. The number of nitrogens with zero attached hydrogens (tertiary/aromatic N) is 2. The van der Waals surface area contributed by atoms with Crippen LogP contribution in [0, 0.1) is 29.3 Å². The number of aromatic nitrogens is 1. The van der Waals surface area contributed by atoms with E-state index in [2.05, 4.69) is 4.98 Å². The van der Waals surface area contributed by atoms with Gasteiger partial charge in [0.25, 0.3) is 0 Å². The maximum absolute atomic E-state index is 14.9. The van der Waals surface area contributed by atoms with Gasteiger partial charge in [0.1, 0.15) is 17.2 Å². The van der Waals surface area contributed by atoms with Crippen molar-refractivity contribution in [1.82, 2.24) is 4.98 Å². The van der Waals surface area contributed by atoms with E-state index in [0.29, 0.717) is 19.2 Å². The normalized spacial score (nSPS) is 26.9. The number of carboxylic acid groups (broad SMARTS) is 1. The van der Waals surface area contributed by atoms with Gasteiger partial charge in [-0.2, -0.15) is 0 Å². The Morgan fingerprint density at radius 1 is 1.13 bits per heavy atom. The summed E-state index contributed by atoms with van der Waals surface area (Å²) in [6.07, 6.45) is 1.08. The molecule has 0 spiro atoms. The number of hydrogen-bond donors (Lipinski definition) is 2. The first kappa shape index (κ1) is 18.8. The third-order valence-corrected chi connectivity index (χ3v) is 6.19. The highest BCUT2D eigenvalue weighted by Crippen LogP contribution is 2.46. The average molecular weight is 415 g/mol. The molecule has 6 nitrogen and oxygen atoms in total. The third kappa shape index (κ3) is 2.72. The number of pyridine rings is 1. The molecule has 2 aromatic rings. The van der Waals surface area contributed by atoms with Gasteiger partial charge >= 0.3 is 5.97 Å². The second kappa shape index (κ2) is 6.40. The van der Waals surface area contributed by atoms with E-state index in [9.17, 15) is 27.9 Å². The number of rotatable bonds is 3. The number of halogens is 3. The number of fused-ring (bicyclic) bond motifs is 2. The number of ketones is 1. The molecule has 5 rings (SSSR count). The number of nitrogens with two attached hydrogens (primary N) is 1. The van der Waals surface area contributed by atoms with Crippen LogP contribution in [0.2, 0.25) is 0 Å². The number of Topliss-reactive ketones (excluding diaryl/α,β-unsaturated/α-hetero) is 1. The van der Waals surface area contributed by atoms with Crippen LogP contribution in [0.5, 0.6) is 0 Å². The average Bonchev–Trinajstić information content (AvgIpc) is 3.10. The quantitative estimate of drug-likeness (QED) is 0.747. The van der Waals surface area contributed by atoms with Gasteiger partial charge in [-0.25, -0.2) is 22.9 Å². The fourth-order valence-electron chi connectivity index (χ4n) is 4.50. The zero-order valence-electron chi connectivity index (χ0n) is 15.5. The van der Waals surface area contributed by atoms with Crippen LogP contribution in [0.25, 0.3) is 0 Å². The molecule has 0 radical (unpaired) electrons. The lowest BCUT2D eigenvalue weighted by Crippen LogP contribution is -2.31.